The minimum Gasteiger partial charge on any atom is -0.467 e. The number of nitrogens with one attached hydrogen (secondary N) is 1. The van der Waals surface area contributed by atoms with E-state index in [0.717, 1.165) is 29.0 Å². The van der Waals surface area contributed by atoms with Crippen LogP contribution in [0.25, 0.3) is 0 Å². The van der Waals surface area contributed by atoms with E-state index in [4.69, 9.17) is 4.42 Å². The minimum absolute atomic E-state index is 0.0308. The summed E-state index contributed by atoms with van der Waals surface area (Å²) in [4.78, 5) is 28.0. The third kappa shape index (κ3) is 3.47. The molecular weight excluding hydrogens is 312 g/mol. The molecule has 1 aliphatic rings. The summed E-state index contributed by atoms with van der Waals surface area (Å²) in [5.41, 5.74) is 1.14. The SMILES string of the molecule is CN(C)C(=O)c1cc2c(s1)CCC(C(=O)NCc1ccco1)C2. The van der Waals surface area contributed by atoms with Gasteiger partial charge in [-0.15, -0.1) is 11.3 Å². The Bertz CT molecular complexity index is 704. The van der Waals surface area contributed by atoms with Crippen molar-refractivity contribution < 1.29 is 14.0 Å². The Morgan fingerprint density at radius 1 is 1.43 bits per heavy atom. The second kappa shape index (κ2) is 6.58. The van der Waals surface area contributed by atoms with Gasteiger partial charge in [-0.3, -0.25) is 9.59 Å². The van der Waals surface area contributed by atoms with Gasteiger partial charge >= 0.3 is 0 Å². The van der Waals surface area contributed by atoms with Gasteiger partial charge < -0.3 is 14.6 Å². The van der Waals surface area contributed by atoms with E-state index in [1.165, 1.54) is 4.88 Å². The zero-order valence-corrected chi connectivity index (χ0v) is 14.1. The molecule has 2 heterocycles. The molecule has 0 saturated carbocycles. The third-order valence-corrected chi connectivity index (χ3v) is 5.31. The minimum atomic E-state index is -0.0330. The van der Waals surface area contributed by atoms with Crippen LogP contribution in [0.1, 0.15) is 32.3 Å². The number of aryl methyl sites for hydroxylation is 1. The maximum Gasteiger partial charge on any atom is 0.263 e. The van der Waals surface area contributed by atoms with Gasteiger partial charge in [0, 0.05) is 24.9 Å². The van der Waals surface area contributed by atoms with Crippen molar-refractivity contribution in [1.82, 2.24) is 10.2 Å². The number of fused-ring (bicyclic) bond motifs is 1. The molecule has 2 amide bonds. The van der Waals surface area contributed by atoms with Crippen molar-refractivity contribution in [2.75, 3.05) is 14.1 Å². The molecule has 0 aliphatic heterocycles. The second-order valence-corrected chi connectivity index (χ2v) is 7.13. The predicted molar refractivity (Wildman–Crippen MR) is 88.4 cm³/mol. The molecule has 122 valence electrons. The molecule has 1 N–H and O–H groups in total. The Hall–Kier alpha value is -2.08. The lowest BCUT2D eigenvalue weighted by molar-refractivity contribution is -0.125. The number of rotatable bonds is 4. The summed E-state index contributed by atoms with van der Waals surface area (Å²) in [6, 6.07) is 5.61. The lowest BCUT2D eigenvalue weighted by atomic mass is 9.87. The van der Waals surface area contributed by atoms with Crippen molar-refractivity contribution >= 4 is 23.2 Å². The molecule has 3 rings (SSSR count). The zero-order valence-electron chi connectivity index (χ0n) is 13.3. The van der Waals surface area contributed by atoms with Crippen molar-refractivity contribution in [3.8, 4) is 0 Å². The summed E-state index contributed by atoms with van der Waals surface area (Å²) >= 11 is 1.56. The molecule has 0 fully saturated rings. The molecule has 1 aliphatic carbocycles. The maximum absolute atomic E-state index is 12.3. The van der Waals surface area contributed by atoms with Crippen LogP contribution in [0.4, 0.5) is 0 Å². The van der Waals surface area contributed by atoms with Crippen LogP contribution in [0.2, 0.25) is 0 Å². The van der Waals surface area contributed by atoms with Gasteiger partial charge in [0.2, 0.25) is 5.91 Å². The van der Waals surface area contributed by atoms with E-state index in [0.29, 0.717) is 13.0 Å². The number of furan rings is 1. The average Bonchev–Trinajstić information content (AvgIpc) is 3.19. The van der Waals surface area contributed by atoms with Crippen molar-refractivity contribution in [1.29, 1.82) is 0 Å². The van der Waals surface area contributed by atoms with Crippen LogP contribution < -0.4 is 5.32 Å². The first-order chi connectivity index (χ1) is 11.0. The molecule has 2 aromatic heterocycles. The van der Waals surface area contributed by atoms with E-state index >= 15 is 0 Å². The van der Waals surface area contributed by atoms with E-state index in [1.54, 1.807) is 36.6 Å². The normalized spacial score (nSPS) is 16.7. The first kappa shape index (κ1) is 15.8. The summed E-state index contributed by atoms with van der Waals surface area (Å²) < 4.78 is 5.22. The number of amides is 2. The molecule has 1 atom stereocenters. The van der Waals surface area contributed by atoms with E-state index in [2.05, 4.69) is 5.32 Å². The topological polar surface area (TPSA) is 62.6 Å². The Morgan fingerprint density at radius 3 is 2.96 bits per heavy atom. The van der Waals surface area contributed by atoms with Gasteiger partial charge in [0.05, 0.1) is 17.7 Å². The number of hydrogen-bond acceptors (Lipinski definition) is 4. The van der Waals surface area contributed by atoms with Gasteiger partial charge in [-0.2, -0.15) is 0 Å². The molecule has 23 heavy (non-hydrogen) atoms. The molecule has 6 heteroatoms. The first-order valence-electron chi connectivity index (χ1n) is 7.68. The maximum atomic E-state index is 12.3. The van der Waals surface area contributed by atoms with Gasteiger partial charge in [0.15, 0.2) is 0 Å². The lowest BCUT2D eigenvalue weighted by Crippen LogP contribution is -2.33. The standard InChI is InChI=1S/C17H20N2O3S/c1-19(2)17(21)15-9-12-8-11(5-6-14(12)23-15)16(20)18-10-13-4-3-7-22-13/h3-4,7,9,11H,5-6,8,10H2,1-2H3,(H,18,20). The Labute approximate surface area is 139 Å². The number of hydrogen-bond donors (Lipinski definition) is 1. The molecule has 0 aromatic carbocycles. The van der Waals surface area contributed by atoms with E-state index in [1.807, 2.05) is 18.2 Å². The Morgan fingerprint density at radius 2 is 2.26 bits per heavy atom. The van der Waals surface area contributed by atoms with Crippen LogP contribution in [0.3, 0.4) is 0 Å². The smallest absolute Gasteiger partial charge is 0.263 e. The fourth-order valence-corrected chi connectivity index (χ4v) is 4.03. The Kier molecular flexibility index (Phi) is 4.52. The van der Waals surface area contributed by atoms with Gasteiger partial charge in [0.25, 0.3) is 5.91 Å². The van der Waals surface area contributed by atoms with Gasteiger partial charge in [-0.25, -0.2) is 0 Å². The van der Waals surface area contributed by atoms with Gasteiger partial charge in [0.1, 0.15) is 5.76 Å². The first-order valence-corrected chi connectivity index (χ1v) is 8.49. The van der Waals surface area contributed by atoms with Crippen LogP contribution >= 0.6 is 11.3 Å². The lowest BCUT2D eigenvalue weighted by Gasteiger charge is -2.21. The van der Waals surface area contributed by atoms with Crippen LogP contribution in [0.5, 0.6) is 0 Å². The summed E-state index contributed by atoms with van der Waals surface area (Å²) in [6.45, 7) is 0.420. The molecule has 0 radical (unpaired) electrons. The molecular formula is C17H20N2O3S. The molecule has 1 unspecified atom stereocenters. The number of carbonyl (C=O) groups excluding carboxylic acids is 2. The summed E-state index contributed by atoms with van der Waals surface area (Å²) in [5, 5.41) is 2.93. The fourth-order valence-electron chi connectivity index (χ4n) is 2.80. The quantitative estimate of drug-likeness (QED) is 0.935. The summed E-state index contributed by atoms with van der Waals surface area (Å²) in [7, 11) is 3.51. The van der Waals surface area contributed by atoms with E-state index in [9.17, 15) is 9.59 Å². The van der Waals surface area contributed by atoms with Crippen LogP contribution in [0.15, 0.2) is 28.9 Å². The van der Waals surface area contributed by atoms with Crippen LogP contribution in [-0.2, 0) is 24.2 Å². The average molecular weight is 332 g/mol. The predicted octanol–water partition coefficient (Wildman–Crippen LogP) is 2.46. The van der Waals surface area contributed by atoms with Gasteiger partial charge in [-0.1, -0.05) is 0 Å². The summed E-state index contributed by atoms with van der Waals surface area (Å²) in [5.74, 6) is 0.806. The molecule has 0 saturated heterocycles. The number of carbonyl (C=O) groups is 2. The monoisotopic (exact) mass is 332 g/mol. The molecule has 5 nitrogen and oxygen atoms in total. The molecule has 0 bridgehead atoms. The van der Waals surface area contributed by atoms with Crippen LogP contribution in [-0.4, -0.2) is 30.8 Å². The molecule has 2 aromatic rings. The highest BCUT2D eigenvalue weighted by Gasteiger charge is 2.27. The Balaban J connectivity index is 1.63. The van der Waals surface area contributed by atoms with E-state index < -0.39 is 0 Å². The summed E-state index contributed by atoms with van der Waals surface area (Å²) in [6.07, 6.45) is 3.99. The zero-order chi connectivity index (χ0) is 16.4. The largest absolute Gasteiger partial charge is 0.467 e. The van der Waals surface area contributed by atoms with Crippen molar-refractivity contribution in [3.63, 3.8) is 0 Å². The highest BCUT2D eigenvalue weighted by Crippen LogP contribution is 2.33. The van der Waals surface area contributed by atoms with Gasteiger partial charge in [-0.05, 0) is 43.0 Å². The van der Waals surface area contributed by atoms with Crippen molar-refractivity contribution in [2.24, 2.45) is 5.92 Å². The fraction of sp³-hybridized carbons (Fsp3) is 0.412. The highest BCUT2D eigenvalue weighted by atomic mass is 32.1. The second-order valence-electron chi connectivity index (χ2n) is 6.00. The molecule has 0 spiro atoms. The highest BCUT2D eigenvalue weighted by molar-refractivity contribution is 7.14. The van der Waals surface area contributed by atoms with Crippen LogP contribution in [0, 0.1) is 5.92 Å². The van der Waals surface area contributed by atoms with E-state index in [-0.39, 0.29) is 17.7 Å². The van der Waals surface area contributed by atoms with Crippen molar-refractivity contribution in [3.05, 3.63) is 45.5 Å². The number of nitrogens with zero attached hydrogens (tertiary/aromatic N) is 1. The van der Waals surface area contributed by atoms with Crippen molar-refractivity contribution in [2.45, 2.75) is 25.8 Å². The third-order valence-electron chi connectivity index (χ3n) is 4.09. The number of thiophene rings is 1.